The summed E-state index contributed by atoms with van der Waals surface area (Å²) in [5, 5.41) is 0. The minimum atomic E-state index is -4.73. The fourth-order valence-corrected chi connectivity index (χ4v) is 1.41. The van der Waals surface area contributed by atoms with Gasteiger partial charge in [-0.3, -0.25) is 9.48 Å². The molecule has 0 aliphatic heterocycles. The lowest BCUT2D eigenvalue weighted by atomic mass is 10.3. The Bertz CT molecular complexity index is 539. The Hall–Kier alpha value is -1.98. The molecule has 2 rings (SSSR count). The van der Waals surface area contributed by atoms with Crippen LogP contribution in [0.1, 0.15) is 0 Å². The van der Waals surface area contributed by atoms with Gasteiger partial charge in [-0.1, -0.05) is 18.2 Å². The lowest BCUT2D eigenvalue weighted by Crippen LogP contribution is -2.32. The van der Waals surface area contributed by atoms with Crippen LogP contribution in [0.25, 0.3) is 5.69 Å². The Labute approximate surface area is 88.3 Å². The van der Waals surface area contributed by atoms with E-state index >= 15 is 0 Å². The third-order valence-corrected chi connectivity index (χ3v) is 2.04. The van der Waals surface area contributed by atoms with Gasteiger partial charge in [0.25, 0.3) is 5.56 Å². The second kappa shape index (κ2) is 3.55. The molecule has 1 aromatic heterocycles. The van der Waals surface area contributed by atoms with Crippen LogP contribution in [-0.2, 0) is 6.30 Å². The van der Waals surface area contributed by atoms with Gasteiger partial charge in [-0.2, -0.15) is 4.68 Å². The van der Waals surface area contributed by atoms with Crippen LogP contribution in [0.2, 0.25) is 0 Å². The van der Waals surface area contributed by atoms with Crippen molar-refractivity contribution in [3.8, 4) is 5.69 Å². The molecular weight excluding hydrogens is 221 g/mol. The summed E-state index contributed by atoms with van der Waals surface area (Å²) >= 11 is 0. The van der Waals surface area contributed by atoms with Crippen LogP contribution < -0.4 is 5.56 Å². The summed E-state index contributed by atoms with van der Waals surface area (Å²) in [6, 6.07) is 8.73. The summed E-state index contributed by atoms with van der Waals surface area (Å²) in [6.45, 7) is 0. The largest absolute Gasteiger partial charge is 0.506 e. The van der Waals surface area contributed by atoms with E-state index in [1.165, 1.54) is 12.1 Å². The standard InChI is InChI=1S/C10H7F3N2O/c11-10(12,13)15-9(16)6-7-14(15)8-4-2-1-3-5-8/h1-7H. The van der Waals surface area contributed by atoms with Gasteiger partial charge in [0, 0.05) is 12.3 Å². The molecule has 1 aromatic carbocycles. The lowest BCUT2D eigenvalue weighted by Gasteiger charge is -2.13. The van der Waals surface area contributed by atoms with E-state index in [2.05, 4.69) is 0 Å². The molecule has 0 saturated heterocycles. The van der Waals surface area contributed by atoms with Gasteiger partial charge in [-0.05, 0) is 12.1 Å². The maximum Gasteiger partial charge on any atom is 0.506 e. The topological polar surface area (TPSA) is 26.9 Å². The highest BCUT2D eigenvalue weighted by Crippen LogP contribution is 2.21. The number of hydrogen-bond acceptors (Lipinski definition) is 1. The summed E-state index contributed by atoms with van der Waals surface area (Å²) < 4.78 is 38.2. The number of hydrogen-bond donors (Lipinski definition) is 0. The summed E-state index contributed by atoms with van der Waals surface area (Å²) in [6.07, 6.45) is -3.64. The van der Waals surface area contributed by atoms with Gasteiger partial charge in [0.1, 0.15) is 0 Å². The molecule has 1 heterocycles. The maximum absolute atomic E-state index is 12.6. The zero-order valence-corrected chi connectivity index (χ0v) is 7.98. The van der Waals surface area contributed by atoms with Crippen molar-refractivity contribution in [1.29, 1.82) is 0 Å². The zero-order chi connectivity index (χ0) is 11.8. The van der Waals surface area contributed by atoms with Crippen LogP contribution in [0.3, 0.4) is 0 Å². The highest BCUT2D eigenvalue weighted by molar-refractivity contribution is 5.30. The van der Waals surface area contributed by atoms with Crippen LogP contribution in [0.15, 0.2) is 47.4 Å². The number of aromatic nitrogens is 2. The molecule has 0 fully saturated rings. The van der Waals surface area contributed by atoms with E-state index in [1.54, 1.807) is 18.2 Å². The Morgan fingerprint density at radius 1 is 1.00 bits per heavy atom. The molecule has 84 valence electrons. The third-order valence-electron chi connectivity index (χ3n) is 2.04. The fraction of sp³-hybridized carbons (Fsp3) is 0.100. The van der Waals surface area contributed by atoms with Crippen LogP contribution >= 0.6 is 0 Å². The Balaban J connectivity index is 2.64. The van der Waals surface area contributed by atoms with E-state index in [1.807, 2.05) is 0 Å². The maximum atomic E-state index is 12.6. The second-order valence-corrected chi connectivity index (χ2v) is 3.11. The SMILES string of the molecule is O=c1ccn(-c2ccccc2)n1C(F)(F)F. The highest BCUT2D eigenvalue weighted by atomic mass is 19.4. The third kappa shape index (κ3) is 1.73. The van der Waals surface area contributed by atoms with Crippen molar-refractivity contribution in [3.05, 3.63) is 52.9 Å². The van der Waals surface area contributed by atoms with E-state index in [-0.39, 0.29) is 10.4 Å². The number of rotatable bonds is 1. The predicted octanol–water partition coefficient (Wildman–Crippen LogP) is 2.12. The molecule has 0 amide bonds. The van der Waals surface area contributed by atoms with Crippen molar-refractivity contribution in [2.45, 2.75) is 6.30 Å². The Morgan fingerprint density at radius 3 is 2.19 bits per heavy atom. The van der Waals surface area contributed by atoms with Crippen molar-refractivity contribution >= 4 is 0 Å². The van der Waals surface area contributed by atoms with Crippen LogP contribution in [0.4, 0.5) is 13.2 Å². The predicted molar refractivity (Wildman–Crippen MR) is 51.3 cm³/mol. The number of benzene rings is 1. The van der Waals surface area contributed by atoms with Gasteiger partial charge in [0.15, 0.2) is 0 Å². The normalized spacial score (nSPS) is 11.7. The monoisotopic (exact) mass is 228 g/mol. The first-order chi connectivity index (χ1) is 7.50. The molecule has 0 radical (unpaired) electrons. The van der Waals surface area contributed by atoms with E-state index in [0.29, 0.717) is 0 Å². The quantitative estimate of drug-likeness (QED) is 0.734. The molecule has 16 heavy (non-hydrogen) atoms. The van der Waals surface area contributed by atoms with E-state index in [0.717, 1.165) is 16.9 Å². The Kier molecular flexibility index (Phi) is 2.34. The van der Waals surface area contributed by atoms with E-state index in [4.69, 9.17) is 0 Å². The van der Waals surface area contributed by atoms with Crippen molar-refractivity contribution in [2.24, 2.45) is 0 Å². The molecule has 0 saturated carbocycles. The summed E-state index contributed by atoms with van der Waals surface area (Å²) in [4.78, 5) is 11.1. The van der Waals surface area contributed by atoms with Crippen LogP contribution in [-0.4, -0.2) is 9.36 Å². The smallest absolute Gasteiger partial charge is 0.268 e. The molecule has 0 bridgehead atoms. The van der Waals surface area contributed by atoms with Crippen molar-refractivity contribution in [1.82, 2.24) is 9.36 Å². The number of alkyl halides is 3. The number of para-hydroxylation sites is 1. The average Bonchev–Trinajstić information content (AvgIpc) is 2.61. The van der Waals surface area contributed by atoms with Crippen molar-refractivity contribution in [2.75, 3.05) is 0 Å². The molecular formula is C10H7F3N2O. The number of halogens is 3. The van der Waals surface area contributed by atoms with Gasteiger partial charge in [-0.15, -0.1) is 13.2 Å². The minimum Gasteiger partial charge on any atom is -0.268 e. The van der Waals surface area contributed by atoms with Crippen molar-refractivity contribution in [3.63, 3.8) is 0 Å². The average molecular weight is 228 g/mol. The van der Waals surface area contributed by atoms with Gasteiger partial charge >= 0.3 is 6.30 Å². The molecule has 0 aliphatic carbocycles. The van der Waals surface area contributed by atoms with Gasteiger partial charge < -0.3 is 0 Å². The number of nitrogens with zero attached hydrogens (tertiary/aromatic N) is 2. The molecule has 6 heteroatoms. The van der Waals surface area contributed by atoms with Crippen molar-refractivity contribution < 1.29 is 13.2 Å². The van der Waals surface area contributed by atoms with Gasteiger partial charge in [0.05, 0.1) is 5.69 Å². The fourth-order valence-electron chi connectivity index (χ4n) is 1.41. The van der Waals surface area contributed by atoms with E-state index < -0.39 is 11.9 Å². The van der Waals surface area contributed by atoms with Gasteiger partial charge in [0.2, 0.25) is 0 Å². The lowest BCUT2D eigenvalue weighted by molar-refractivity contribution is -0.218. The molecule has 0 atom stereocenters. The molecule has 3 nitrogen and oxygen atoms in total. The first kappa shape index (κ1) is 10.5. The molecule has 0 spiro atoms. The minimum absolute atomic E-state index is 0.248. The second-order valence-electron chi connectivity index (χ2n) is 3.11. The van der Waals surface area contributed by atoms with E-state index in [9.17, 15) is 18.0 Å². The zero-order valence-electron chi connectivity index (χ0n) is 7.98. The first-order valence-electron chi connectivity index (χ1n) is 4.43. The molecule has 0 N–H and O–H groups in total. The molecule has 0 unspecified atom stereocenters. The highest BCUT2D eigenvalue weighted by Gasteiger charge is 2.35. The van der Waals surface area contributed by atoms with Gasteiger partial charge in [-0.25, -0.2) is 0 Å². The van der Waals surface area contributed by atoms with Crippen LogP contribution in [0, 0.1) is 0 Å². The van der Waals surface area contributed by atoms with Crippen LogP contribution in [0.5, 0.6) is 0 Å². The Morgan fingerprint density at radius 2 is 1.62 bits per heavy atom. The summed E-state index contributed by atoms with van der Waals surface area (Å²) in [5.74, 6) is 0. The summed E-state index contributed by atoms with van der Waals surface area (Å²) in [5.41, 5.74) is -0.821. The molecule has 0 aliphatic rings. The first-order valence-corrected chi connectivity index (χ1v) is 4.43. The molecule has 2 aromatic rings. The summed E-state index contributed by atoms with van der Waals surface area (Å²) in [7, 11) is 0.